The molecular weight excluding hydrogens is 332 g/mol. The number of ether oxygens (including phenoxy) is 1. The zero-order valence-corrected chi connectivity index (χ0v) is 13.3. The summed E-state index contributed by atoms with van der Waals surface area (Å²) in [6.45, 7) is 3.81. The number of nitrogens with two attached hydrogens (primary N) is 1. The molecule has 6 heteroatoms. The molecule has 21 heavy (non-hydrogen) atoms. The van der Waals surface area contributed by atoms with Gasteiger partial charge in [-0.2, -0.15) is 10.2 Å². The van der Waals surface area contributed by atoms with Crippen LogP contribution in [0.5, 0.6) is 5.88 Å². The molecule has 5 nitrogen and oxygen atoms in total. The van der Waals surface area contributed by atoms with Gasteiger partial charge in [0.25, 0.3) is 0 Å². The molecule has 0 unspecified atom stereocenters. The third kappa shape index (κ3) is 3.86. The van der Waals surface area contributed by atoms with Crippen molar-refractivity contribution in [1.29, 1.82) is 5.26 Å². The summed E-state index contributed by atoms with van der Waals surface area (Å²) in [6.07, 6.45) is -0.0163. The number of nitriles is 1. The highest BCUT2D eigenvalue weighted by Gasteiger charge is 2.08. The number of nitrogen functional groups attached to an aromatic ring is 1. The maximum absolute atomic E-state index is 9.16. The summed E-state index contributed by atoms with van der Waals surface area (Å²) in [7, 11) is 0. The highest BCUT2D eigenvalue weighted by Crippen LogP contribution is 2.26. The lowest BCUT2D eigenvalue weighted by atomic mass is 10.2. The van der Waals surface area contributed by atoms with Gasteiger partial charge in [0.2, 0.25) is 5.88 Å². The summed E-state index contributed by atoms with van der Waals surface area (Å²) in [5.41, 5.74) is 7.51. The molecule has 108 valence electrons. The van der Waals surface area contributed by atoms with Crippen LogP contribution in [0, 0.1) is 11.3 Å². The molecule has 0 aliphatic heterocycles. The third-order valence-corrected chi connectivity index (χ3v) is 3.10. The number of hydrogen-bond donors (Lipinski definition) is 2. The molecule has 1 heterocycles. The van der Waals surface area contributed by atoms with Crippen molar-refractivity contribution in [3.05, 3.63) is 40.4 Å². The molecule has 0 fully saturated rings. The predicted octanol–water partition coefficient (Wildman–Crippen LogP) is 3.83. The second-order valence-corrected chi connectivity index (χ2v) is 5.60. The number of pyridine rings is 1. The molecule has 2 rings (SSSR count). The van der Waals surface area contributed by atoms with Gasteiger partial charge in [-0.15, -0.1) is 0 Å². The average Bonchev–Trinajstić information content (AvgIpc) is 2.44. The molecule has 0 saturated heterocycles. The van der Waals surface area contributed by atoms with Crippen LogP contribution in [0.15, 0.2) is 34.8 Å². The molecule has 0 aliphatic carbocycles. The van der Waals surface area contributed by atoms with Crippen molar-refractivity contribution in [2.24, 2.45) is 0 Å². The lowest BCUT2D eigenvalue weighted by molar-refractivity contribution is 0.234. The molecule has 0 radical (unpaired) electrons. The van der Waals surface area contributed by atoms with Crippen LogP contribution in [0.1, 0.15) is 19.4 Å². The Kier molecular flexibility index (Phi) is 4.66. The van der Waals surface area contributed by atoms with E-state index in [4.69, 9.17) is 15.7 Å². The number of nitrogens with zero attached hydrogens (tertiary/aromatic N) is 2. The van der Waals surface area contributed by atoms with Gasteiger partial charge >= 0.3 is 0 Å². The summed E-state index contributed by atoms with van der Waals surface area (Å²) < 4.78 is 6.40. The van der Waals surface area contributed by atoms with Crippen molar-refractivity contribution in [2.75, 3.05) is 11.1 Å². The van der Waals surface area contributed by atoms with E-state index in [1.807, 2.05) is 26.0 Å². The van der Waals surface area contributed by atoms with E-state index in [0.717, 1.165) is 4.47 Å². The van der Waals surface area contributed by atoms with E-state index in [0.29, 0.717) is 28.6 Å². The first-order valence-electron chi connectivity index (χ1n) is 6.39. The zero-order chi connectivity index (χ0) is 15.4. The SMILES string of the molecule is CC(C)Oc1nc(Nc2ccc(Br)cc2C#N)ccc1N. The molecule has 0 atom stereocenters. The minimum Gasteiger partial charge on any atom is -0.473 e. The fourth-order valence-corrected chi connectivity index (χ4v) is 2.06. The van der Waals surface area contributed by atoms with Crippen LogP contribution in [0.25, 0.3) is 0 Å². The molecule has 2 aromatic rings. The summed E-state index contributed by atoms with van der Waals surface area (Å²) >= 11 is 3.34. The predicted molar refractivity (Wildman–Crippen MR) is 86.6 cm³/mol. The van der Waals surface area contributed by atoms with Gasteiger partial charge in [-0.25, -0.2) is 0 Å². The first kappa shape index (κ1) is 15.1. The van der Waals surface area contributed by atoms with Crippen LogP contribution in [-0.4, -0.2) is 11.1 Å². The Bertz CT molecular complexity index is 695. The van der Waals surface area contributed by atoms with Crippen LogP contribution in [-0.2, 0) is 0 Å². The van der Waals surface area contributed by atoms with Gasteiger partial charge in [0.15, 0.2) is 0 Å². The second kappa shape index (κ2) is 6.46. The molecule has 0 spiro atoms. The maximum atomic E-state index is 9.16. The van der Waals surface area contributed by atoms with Gasteiger partial charge < -0.3 is 15.8 Å². The van der Waals surface area contributed by atoms with Crippen molar-refractivity contribution in [1.82, 2.24) is 4.98 Å². The van der Waals surface area contributed by atoms with E-state index in [1.54, 1.807) is 18.2 Å². The third-order valence-electron chi connectivity index (χ3n) is 2.60. The van der Waals surface area contributed by atoms with E-state index in [2.05, 4.69) is 32.3 Å². The number of aromatic nitrogens is 1. The minimum atomic E-state index is -0.0163. The largest absolute Gasteiger partial charge is 0.473 e. The van der Waals surface area contributed by atoms with E-state index in [9.17, 15) is 0 Å². The van der Waals surface area contributed by atoms with Crippen molar-refractivity contribution < 1.29 is 4.74 Å². The molecule has 0 aliphatic rings. The van der Waals surface area contributed by atoms with E-state index >= 15 is 0 Å². The Morgan fingerprint density at radius 3 is 2.76 bits per heavy atom. The summed E-state index contributed by atoms with van der Waals surface area (Å²) in [5.74, 6) is 0.948. The second-order valence-electron chi connectivity index (χ2n) is 4.68. The van der Waals surface area contributed by atoms with Gasteiger partial charge in [0.05, 0.1) is 23.0 Å². The van der Waals surface area contributed by atoms with Crippen LogP contribution in [0.4, 0.5) is 17.2 Å². The summed E-state index contributed by atoms with van der Waals surface area (Å²) in [5, 5.41) is 12.3. The zero-order valence-electron chi connectivity index (χ0n) is 11.7. The van der Waals surface area contributed by atoms with Crippen molar-refractivity contribution in [3.63, 3.8) is 0 Å². The first-order chi connectivity index (χ1) is 9.99. The molecular formula is C15H15BrN4O. The van der Waals surface area contributed by atoms with E-state index in [1.165, 1.54) is 0 Å². The minimum absolute atomic E-state index is 0.0163. The van der Waals surface area contributed by atoms with Gasteiger partial charge in [-0.05, 0) is 44.2 Å². The number of benzene rings is 1. The van der Waals surface area contributed by atoms with Gasteiger partial charge in [0, 0.05) is 4.47 Å². The highest BCUT2D eigenvalue weighted by atomic mass is 79.9. The van der Waals surface area contributed by atoms with Crippen LogP contribution in [0.3, 0.4) is 0 Å². The molecule has 0 bridgehead atoms. The Balaban J connectivity index is 2.30. The number of hydrogen-bond acceptors (Lipinski definition) is 5. The maximum Gasteiger partial charge on any atom is 0.239 e. The van der Waals surface area contributed by atoms with Crippen LogP contribution >= 0.6 is 15.9 Å². The average molecular weight is 347 g/mol. The van der Waals surface area contributed by atoms with Crippen LogP contribution < -0.4 is 15.8 Å². The highest BCUT2D eigenvalue weighted by molar-refractivity contribution is 9.10. The van der Waals surface area contributed by atoms with Crippen molar-refractivity contribution in [2.45, 2.75) is 20.0 Å². The number of nitrogens with one attached hydrogen (secondary N) is 1. The quantitative estimate of drug-likeness (QED) is 0.878. The Morgan fingerprint density at radius 2 is 2.10 bits per heavy atom. The van der Waals surface area contributed by atoms with E-state index < -0.39 is 0 Å². The standard InChI is InChI=1S/C15H15BrN4O/c1-9(2)21-15-12(18)4-6-14(20-15)19-13-5-3-11(16)7-10(13)8-17/h3-7,9H,18H2,1-2H3,(H,19,20). The molecule has 0 saturated carbocycles. The monoisotopic (exact) mass is 346 g/mol. The first-order valence-corrected chi connectivity index (χ1v) is 7.18. The van der Waals surface area contributed by atoms with Crippen molar-refractivity contribution in [3.8, 4) is 11.9 Å². The van der Waals surface area contributed by atoms with Gasteiger partial charge in [-0.1, -0.05) is 15.9 Å². The van der Waals surface area contributed by atoms with Crippen LogP contribution in [0.2, 0.25) is 0 Å². The number of anilines is 3. The molecule has 1 aromatic carbocycles. The lowest BCUT2D eigenvalue weighted by Crippen LogP contribution is -2.09. The summed E-state index contributed by atoms with van der Waals surface area (Å²) in [4.78, 5) is 4.33. The Labute approximate surface area is 131 Å². The fourth-order valence-electron chi connectivity index (χ4n) is 1.69. The number of halogens is 1. The number of rotatable bonds is 4. The van der Waals surface area contributed by atoms with Gasteiger partial charge in [0.1, 0.15) is 11.9 Å². The lowest BCUT2D eigenvalue weighted by Gasteiger charge is -2.13. The Hall–Kier alpha value is -2.26. The molecule has 3 N–H and O–H groups in total. The molecule has 1 aromatic heterocycles. The molecule has 0 amide bonds. The van der Waals surface area contributed by atoms with Gasteiger partial charge in [-0.3, -0.25) is 0 Å². The van der Waals surface area contributed by atoms with E-state index in [-0.39, 0.29) is 6.10 Å². The smallest absolute Gasteiger partial charge is 0.239 e. The topological polar surface area (TPSA) is 84.0 Å². The van der Waals surface area contributed by atoms with Crippen molar-refractivity contribution >= 4 is 33.1 Å². The fraction of sp³-hybridized carbons (Fsp3) is 0.200. The summed E-state index contributed by atoms with van der Waals surface area (Å²) in [6, 6.07) is 11.0. The Morgan fingerprint density at radius 1 is 1.33 bits per heavy atom. The normalized spacial score (nSPS) is 10.2.